The van der Waals surface area contributed by atoms with Crippen LogP contribution in [0.3, 0.4) is 0 Å². The summed E-state index contributed by atoms with van der Waals surface area (Å²) in [5.74, 6) is 4.20. The number of rotatable bonds is 0. The van der Waals surface area contributed by atoms with Gasteiger partial charge in [0.05, 0.1) is 12.7 Å². The van der Waals surface area contributed by atoms with Gasteiger partial charge in [0.25, 0.3) is 0 Å². The summed E-state index contributed by atoms with van der Waals surface area (Å²) in [5, 5.41) is 0. The van der Waals surface area contributed by atoms with Crippen molar-refractivity contribution in [2.45, 2.75) is 91.0 Å². The van der Waals surface area contributed by atoms with Gasteiger partial charge in [0.1, 0.15) is 0 Å². The Kier molecular flexibility index (Phi) is 4.10. The Labute approximate surface area is 177 Å². The van der Waals surface area contributed by atoms with Crippen LogP contribution in [0.25, 0.3) is 0 Å². The minimum absolute atomic E-state index is 0.271. The molecule has 4 aliphatic carbocycles. The van der Waals surface area contributed by atoms with Crippen molar-refractivity contribution in [3.63, 3.8) is 0 Å². The molecule has 2 aliphatic heterocycles. The molecule has 10 atom stereocenters. The number of allylic oxidation sites excluding steroid dienone is 4. The summed E-state index contributed by atoms with van der Waals surface area (Å²) in [5.41, 5.74) is 2.51. The van der Waals surface area contributed by atoms with Crippen molar-refractivity contribution < 1.29 is 9.47 Å². The van der Waals surface area contributed by atoms with Crippen LogP contribution in [0.4, 0.5) is 0 Å². The van der Waals surface area contributed by atoms with Crippen LogP contribution < -0.4 is 0 Å². The summed E-state index contributed by atoms with van der Waals surface area (Å²) < 4.78 is 13.4. The highest BCUT2D eigenvalue weighted by Crippen LogP contribution is 2.70. The molecule has 10 unspecified atom stereocenters. The van der Waals surface area contributed by atoms with Crippen molar-refractivity contribution in [2.24, 2.45) is 46.3 Å². The molecule has 0 amide bonds. The number of hydrogen-bond donors (Lipinski definition) is 0. The van der Waals surface area contributed by atoms with E-state index in [4.69, 9.17) is 9.47 Å². The summed E-state index contributed by atoms with van der Waals surface area (Å²) in [6, 6.07) is 0. The Morgan fingerprint density at radius 1 is 1.03 bits per heavy atom. The predicted octanol–water partition coefficient (Wildman–Crippen LogP) is 6.52. The van der Waals surface area contributed by atoms with Crippen LogP contribution in [0.2, 0.25) is 0 Å². The van der Waals surface area contributed by atoms with Gasteiger partial charge in [-0.2, -0.15) is 0 Å². The quantitative estimate of drug-likeness (QED) is 0.464. The van der Waals surface area contributed by atoms with Crippen LogP contribution in [-0.2, 0) is 9.47 Å². The van der Waals surface area contributed by atoms with E-state index in [0.29, 0.717) is 34.7 Å². The molecule has 0 aromatic rings. The first-order chi connectivity index (χ1) is 13.9. The van der Waals surface area contributed by atoms with Gasteiger partial charge >= 0.3 is 0 Å². The van der Waals surface area contributed by atoms with E-state index in [9.17, 15) is 0 Å². The molecule has 160 valence electrons. The third-order valence-electron chi connectivity index (χ3n) is 10.9. The molecule has 2 saturated heterocycles. The summed E-state index contributed by atoms with van der Waals surface area (Å²) >= 11 is 0. The normalized spacial score (nSPS) is 58.3. The van der Waals surface area contributed by atoms with Gasteiger partial charge in [-0.1, -0.05) is 45.9 Å². The van der Waals surface area contributed by atoms with E-state index in [0.717, 1.165) is 30.8 Å². The van der Waals surface area contributed by atoms with Gasteiger partial charge in [-0.05, 0) is 90.9 Å². The highest BCUT2D eigenvalue weighted by atomic mass is 16.7. The van der Waals surface area contributed by atoms with Crippen molar-refractivity contribution in [3.05, 3.63) is 23.8 Å². The number of ether oxygens (including phenoxy) is 2. The second-order valence-corrected chi connectivity index (χ2v) is 12.1. The average Bonchev–Trinajstić information content (AvgIpc) is 3.15. The Bertz CT molecular complexity index is 744. The van der Waals surface area contributed by atoms with Gasteiger partial charge < -0.3 is 9.47 Å². The second-order valence-electron chi connectivity index (χ2n) is 12.1. The van der Waals surface area contributed by atoms with Crippen LogP contribution in [0.15, 0.2) is 23.8 Å². The van der Waals surface area contributed by atoms with Gasteiger partial charge in [0.2, 0.25) is 0 Å². The van der Waals surface area contributed by atoms with E-state index in [2.05, 4.69) is 45.9 Å². The lowest BCUT2D eigenvalue weighted by molar-refractivity contribution is -0.272. The monoisotopic (exact) mass is 396 g/mol. The molecule has 0 aromatic carbocycles. The van der Waals surface area contributed by atoms with Gasteiger partial charge in [0.15, 0.2) is 5.79 Å². The molecular formula is C27H40O2. The molecule has 2 heteroatoms. The lowest BCUT2D eigenvalue weighted by Gasteiger charge is -2.57. The van der Waals surface area contributed by atoms with Crippen LogP contribution in [0, 0.1) is 46.3 Å². The smallest absolute Gasteiger partial charge is 0.171 e. The maximum Gasteiger partial charge on any atom is 0.171 e. The highest BCUT2D eigenvalue weighted by molar-refractivity contribution is 5.34. The lowest BCUT2D eigenvalue weighted by atomic mass is 9.47. The number of hydrogen-bond acceptors (Lipinski definition) is 2. The fraction of sp³-hybridized carbons (Fsp3) is 0.852. The first-order valence-corrected chi connectivity index (χ1v) is 12.6. The first-order valence-electron chi connectivity index (χ1n) is 12.6. The van der Waals surface area contributed by atoms with Gasteiger partial charge in [-0.15, -0.1) is 0 Å². The molecule has 0 radical (unpaired) electrons. The molecule has 6 rings (SSSR count). The van der Waals surface area contributed by atoms with E-state index >= 15 is 0 Å². The third-order valence-corrected chi connectivity index (χ3v) is 10.9. The van der Waals surface area contributed by atoms with E-state index in [1.54, 1.807) is 5.57 Å². The van der Waals surface area contributed by atoms with Gasteiger partial charge in [-0.3, -0.25) is 0 Å². The molecule has 2 nitrogen and oxygen atoms in total. The lowest BCUT2D eigenvalue weighted by Crippen LogP contribution is -2.51. The highest BCUT2D eigenvalue weighted by Gasteiger charge is 2.68. The minimum atomic E-state index is -0.271. The molecule has 4 fully saturated rings. The summed E-state index contributed by atoms with van der Waals surface area (Å²) in [6.45, 7) is 10.9. The fourth-order valence-corrected chi connectivity index (χ4v) is 9.32. The Morgan fingerprint density at radius 3 is 2.69 bits per heavy atom. The van der Waals surface area contributed by atoms with E-state index in [1.165, 1.54) is 44.9 Å². The molecule has 6 aliphatic rings. The molecule has 0 bridgehead atoms. The van der Waals surface area contributed by atoms with Crippen LogP contribution >= 0.6 is 0 Å². The number of fused-ring (bicyclic) bond motifs is 7. The first kappa shape index (κ1) is 19.1. The van der Waals surface area contributed by atoms with E-state index < -0.39 is 0 Å². The van der Waals surface area contributed by atoms with Crippen molar-refractivity contribution in [3.8, 4) is 0 Å². The topological polar surface area (TPSA) is 18.5 Å². The molecule has 29 heavy (non-hydrogen) atoms. The zero-order valence-corrected chi connectivity index (χ0v) is 19.0. The van der Waals surface area contributed by atoms with Crippen LogP contribution in [0.1, 0.15) is 79.1 Å². The SMILES string of the molecule is CC1CCC2(OC1)OC1CC3C4CC=C5C=CCCC5(C)C4CCC3(C)C1C2C. The minimum Gasteiger partial charge on any atom is -0.349 e. The predicted molar refractivity (Wildman–Crippen MR) is 116 cm³/mol. The zero-order chi connectivity index (χ0) is 20.0. The molecule has 2 heterocycles. The molecule has 0 N–H and O–H groups in total. The molecule has 0 aromatic heterocycles. The van der Waals surface area contributed by atoms with Crippen LogP contribution in [0.5, 0.6) is 0 Å². The summed E-state index contributed by atoms with van der Waals surface area (Å²) in [7, 11) is 0. The maximum atomic E-state index is 6.89. The Morgan fingerprint density at radius 2 is 1.90 bits per heavy atom. The van der Waals surface area contributed by atoms with Crippen molar-refractivity contribution in [2.75, 3.05) is 6.61 Å². The van der Waals surface area contributed by atoms with Gasteiger partial charge in [-0.25, -0.2) is 0 Å². The van der Waals surface area contributed by atoms with Crippen molar-refractivity contribution >= 4 is 0 Å². The van der Waals surface area contributed by atoms with Crippen molar-refractivity contribution in [1.82, 2.24) is 0 Å². The average molecular weight is 397 g/mol. The Balaban J connectivity index is 1.30. The second kappa shape index (κ2) is 6.22. The third kappa shape index (κ3) is 2.42. The van der Waals surface area contributed by atoms with Crippen LogP contribution in [-0.4, -0.2) is 18.5 Å². The van der Waals surface area contributed by atoms with Gasteiger partial charge in [0, 0.05) is 12.3 Å². The summed E-state index contributed by atoms with van der Waals surface area (Å²) in [4.78, 5) is 0. The van der Waals surface area contributed by atoms with E-state index in [-0.39, 0.29) is 5.79 Å². The summed E-state index contributed by atoms with van der Waals surface area (Å²) in [6.07, 6.45) is 18.3. The maximum absolute atomic E-state index is 6.89. The zero-order valence-electron chi connectivity index (χ0n) is 19.0. The Hall–Kier alpha value is -0.600. The standard InChI is InChI=1S/C27H40O2/c1-17-10-14-27(28-16-17)18(2)24-23(29-27)15-22-20-9-8-19-7-5-6-12-25(19,3)21(20)11-13-26(22,24)4/h5,7-8,17-18,20-24H,6,9-16H2,1-4H3. The molecule has 1 spiro atoms. The van der Waals surface area contributed by atoms with E-state index in [1.807, 2.05) is 0 Å². The van der Waals surface area contributed by atoms with Crippen molar-refractivity contribution in [1.29, 1.82) is 0 Å². The molecule has 2 saturated carbocycles. The fourth-order valence-electron chi connectivity index (χ4n) is 9.32. The molecular weight excluding hydrogens is 356 g/mol. The largest absolute Gasteiger partial charge is 0.349 e.